The fraction of sp³-hybridized carbons (Fsp3) is 0.294. The summed E-state index contributed by atoms with van der Waals surface area (Å²) in [6.45, 7) is 3.01. The summed E-state index contributed by atoms with van der Waals surface area (Å²) in [6.07, 6.45) is 3.59. The predicted octanol–water partition coefficient (Wildman–Crippen LogP) is 5.69. The normalized spacial score (nSPS) is 10.4. The second-order valence-electron chi connectivity index (χ2n) is 4.59. The maximum Gasteiger partial charge on any atom is 0.119 e. The van der Waals surface area contributed by atoms with Gasteiger partial charge in [0.25, 0.3) is 0 Å². The van der Waals surface area contributed by atoms with E-state index in [0.717, 1.165) is 23.2 Å². The molecule has 0 amide bonds. The van der Waals surface area contributed by atoms with Gasteiger partial charge in [-0.15, -0.1) is 0 Å². The maximum atomic E-state index is 5.71. The molecular weight excluding hydrogens is 300 g/mol. The van der Waals surface area contributed by atoms with Gasteiger partial charge in [0.15, 0.2) is 0 Å². The highest BCUT2D eigenvalue weighted by atomic mass is 79.9. The van der Waals surface area contributed by atoms with Gasteiger partial charge in [-0.25, -0.2) is 0 Å². The maximum absolute atomic E-state index is 5.71. The second kappa shape index (κ2) is 7.34. The summed E-state index contributed by atoms with van der Waals surface area (Å²) in [6, 6.07) is 16.7. The Morgan fingerprint density at radius 2 is 1.42 bits per heavy atom. The standard InChI is InChI=1S/C17H19BrO/c1-2-3-4-13-19-17-11-7-15(8-12-17)14-5-9-16(18)10-6-14/h5-12H,2-4,13H2,1H3. The lowest BCUT2D eigenvalue weighted by atomic mass is 10.1. The van der Waals surface area contributed by atoms with Crippen LogP contribution in [0.3, 0.4) is 0 Å². The van der Waals surface area contributed by atoms with Crippen molar-refractivity contribution in [2.75, 3.05) is 6.61 Å². The smallest absolute Gasteiger partial charge is 0.119 e. The molecule has 2 aromatic carbocycles. The van der Waals surface area contributed by atoms with Crippen molar-refractivity contribution in [3.63, 3.8) is 0 Å². The zero-order chi connectivity index (χ0) is 13.5. The number of unbranched alkanes of at least 4 members (excludes halogenated alkanes) is 2. The Hall–Kier alpha value is -1.28. The largest absolute Gasteiger partial charge is 0.494 e. The molecule has 0 unspecified atom stereocenters. The minimum Gasteiger partial charge on any atom is -0.494 e. The third-order valence-corrected chi connectivity index (χ3v) is 3.58. The molecule has 0 bridgehead atoms. The number of rotatable bonds is 6. The van der Waals surface area contributed by atoms with Crippen LogP contribution < -0.4 is 4.74 Å². The van der Waals surface area contributed by atoms with Crippen LogP contribution in [0.25, 0.3) is 11.1 Å². The van der Waals surface area contributed by atoms with Crippen LogP contribution >= 0.6 is 15.9 Å². The van der Waals surface area contributed by atoms with E-state index in [9.17, 15) is 0 Å². The second-order valence-corrected chi connectivity index (χ2v) is 5.50. The molecule has 0 radical (unpaired) electrons. The lowest BCUT2D eigenvalue weighted by Crippen LogP contribution is -1.96. The first-order valence-corrected chi connectivity index (χ1v) is 7.57. The molecule has 0 atom stereocenters. The van der Waals surface area contributed by atoms with Gasteiger partial charge in [-0.3, -0.25) is 0 Å². The van der Waals surface area contributed by atoms with E-state index in [1.165, 1.54) is 24.0 Å². The van der Waals surface area contributed by atoms with Crippen LogP contribution in [-0.4, -0.2) is 6.61 Å². The number of hydrogen-bond donors (Lipinski definition) is 0. The monoisotopic (exact) mass is 318 g/mol. The fourth-order valence-electron chi connectivity index (χ4n) is 1.93. The van der Waals surface area contributed by atoms with Gasteiger partial charge < -0.3 is 4.74 Å². The average molecular weight is 319 g/mol. The quantitative estimate of drug-likeness (QED) is 0.622. The molecule has 0 aliphatic rings. The molecule has 2 heteroatoms. The van der Waals surface area contributed by atoms with Crippen LogP contribution in [0.15, 0.2) is 53.0 Å². The zero-order valence-corrected chi connectivity index (χ0v) is 12.8. The van der Waals surface area contributed by atoms with Crippen LogP contribution in [0, 0.1) is 0 Å². The van der Waals surface area contributed by atoms with Gasteiger partial charge in [0.1, 0.15) is 5.75 Å². The molecule has 100 valence electrons. The Balaban J connectivity index is 1.96. The average Bonchev–Trinajstić information content (AvgIpc) is 2.45. The Bertz CT molecular complexity index is 488. The molecule has 19 heavy (non-hydrogen) atoms. The van der Waals surface area contributed by atoms with E-state index in [4.69, 9.17) is 4.74 Å². The Morgan fingerprint density at radius 3 is 2.00 bits per heavy atom. The van der Waals surface area contributed by atoms with Crippen LogP contribution in [0.2, 0.25) is 0 Å². The molecule has 2 rings (SSSR count). The van der Waals surface area contributed by atoms with Crippen molar-refractivity contribution in [3.8, 4) is 16.9 Å². The van der Waals surface area contributed by atoms with E-state index in [1.54, 1.807) is 0 Å². The van der Waals surface area contributed by atoms with Crippen molar-refractivity contribution >= 4 is 15.9 Å². The summed E-state index contributed by atoms with van der Waals surface area (Å²) >= 11 is 3.45. The van der Waals surface area contributed by atoms with Gasteiger partial charge in [0.05, 0.1) is 6.61 Å². The lowest BCUT2D eigenvalue weighted by Gasteiger charge is -2.07. The molecule has 0 fully saturated rings. The minimum atomic E-state index is 0.811. The van der Waals surface area contributed by atoms with Gasteiger partial charge in [-0.1, -0.05) is 60.0 Å². The van der Waals surface area contributed by atoms with E-state index in [1.807, 2.05) is 12.1 Å². The molecule has 0 aliphatic heterocycles. The van der Waals surface area contributed by atoms with Gasteiger partial charge >= 0.3 is 0 Å². The lowest BCUT2D eigenvalue weighted by molar-refractivity contribution is 0.306. The Morgan fingerprint density at radius 1 is 0.842 bits per heavy atom. The molecule has 0 heterocycles. The summed E-state index contributed by atoms with van der Waals surface area (Å²) in [5, 5.41) is 0. The molecule has 1 nitrogen and oxygen atoms in total. The Kier molecular flexibility index (Phi) is 5.46. The van der Waals surface area contributed by atoms with Crippen molar-refractivity contribution < 1.29 is 4.74 Å². The first-order valence-electron chi connectivity index (χ1n) is 6.78. The van der Waals surface area contributed by atoms with Crippen molar-refractivity contribution in [1.29, 1.82) is 0 Å². The van der Waals surface area contributed by atoms with Crippen LogP contribution in [0.5, 0.6) is 5.75 Å². The number of ether oxygens (including phenoxy) is 1. The first kappa shape index (κ1) is 14.1. The minimum absolute atomic E-state index is 0.811. The summed E-state index contributed by atoms with van der Waals surface area (Å²) < 4.78 is 6.81. The molecule has 2 aromatic rings. The third-order valence-electron chi connectivity index (χ3n) is 3.05. The first-order chi connectivity index (χ1) is 9.29. The van der Waals surface area contributed by atoms with Crippen LogP contribution in [-0.2, 0) is 0 Å². The topological polar surface area (TPSA) is 9.23 Å². The molecule has 0 saturated heterocycles. The molecule has 0 saturated carbocycles. The van der Waals surface area contributed by atoms with Crippen molar-refractivity contribution in [1.82, 2.24) is 0 Å². The number of benzene rings is 2. The molecular formula is C17H19BrO. The highest BCUT2D eigenvalue weighted by Crippen LogP contribution is 2.24. The fourth-order valence-corrected chi connectivity index (χ4v) is 2.19. The summed E-state index contributed by atoms with van der Waals surface area (Å²) in [5.74, 6) is 0.956. The van der Waals surface area contributed by atoms with Crippen molar-refractivity contribution in [3.05, 3.63) is 53.0 Å². The Labute approximate surface area is 123 Å². The number of halogens is 1. The van der Waals surface area contributed by atoms with E-state index < -0.39 is 0 Å². The van der Waals surface area contributed by atoms with E-state index in [-0.39, 0.29) is 0 Å². The predicted molar refractivity (Wildman–Crippen MR) is 84.6 cm³/mol. The summed E-state index contributed by atoms with van der Waals surface area (Å²) in [7, 11) is 0. The van der Waals surface area contributed by atoms with E-state index in [2.05, 4.69) is 59.3 Å². The highest BCUT2D eigenvalue weighted by molar-refractivity contribution is 9.10. The SMILES string of the molecule is CCCCCOc1ccc(-c2ccc(Br)cc2)cc1. The molecule has 0 aliphatic carbocycles. The van der Waals surface area contributed by atoms with Crippen molar-refractivity contribution in [2.24, 2.45) is 0 Å². The zero-order valence-electron chi connectivity index (χ0n) is 11.2. The highest BCUT2D eigenvalue weighted by Gasteiger charge is 1.99. The number of hydrogen-bond acceptors (Lipinski definition) is 1. The van der Waals surface area contributed by atoms with Gasteiger partial charge in [0, 0.05) is 4.47 Å². The molecule has 0 N–H and O–H groups in total. The molecule has 0 spiro atoms. The van der Waals surface area contributed by atoms with Crippen molar-refractivity contribution in [2.45, 2.75) is 26.2 Å². The molecule has 0 aromatic heterocycles. The summed E-state index contributed by atoms with van der Waals surface area (Å²) in [5.41, 5.74) is 2.44. The van der Waals surface area contributed by atoms with Crippen LogP contribution in [0.4, 0.5) is 0 Å². The van der Waals surface area contributed by atoms with E-state index >= 15 is 0 Å². The third kappa shape index (κ3) is 4.39. The van der Waals surface area contributed by atoms with Gasteiger partial charge in [-0.05, 0) is 41.8 Å². The van der Waals surface area contributed by atoms with Gasteiger partial charge in [-0.2, -0.15) is 0 Å². The van der Waals surface area contributed by atoms with Crippen LogP contribution in [0.1, 0.15) is 26.2 Å². The van der Waals surface area contributed by atoms with E-state index in [0.29, 0.717) is 0 Å². The summed E-state index contributed by atoms with van der Waals surface area (Å²) in [4.78, 5) is 0. The van der Waals surface area contributed by atoms with Gasteiger partial charge in [0.2, 0.25) is 0 Å².